The minimum atomic E-state index is -3.60. The second-order valence-electron chi connectivity index (χ2n) is 3.89. The van der Waals surface area contributed by atoms with E-state index in [1.54, 1.807) is 20.9 Å². The topological polar surface area (TPSA) is 90.0 Å². The summed E-state index contributed by atoms with van der Waals surface area (Å²) in [5.41, 5.74) is 0.666. The van der Waals surface area contributed by atoms with E-state index in [0.717, 1.165) is 0 Å². The Labute approximate surface area is 105 Å². The fraction of sp³-hybridized carbons (Fsp3) is 0.400. The van der Waals surface area contributed by atoms with Crippen molar-refractivity contribution in [3.8, 4) is 0 Å². The molecule has 8 heteroatoms. The lowest BCUT2D eigenvalue weighted by Crippen LogP contribution is -2.25. The number of nitrogens with zero attached hydrogens (tertiary/aromatic N) is 3. The van der Waals surface area contributed by atoms with Crippen molar-refractivity contribution in [1.29, 1.82) is 0 Å². The first-order chi connectivity index (χ1) is 8.42. The zero-order valence-electron chi connectivity index (χ0n) is 10.3. The molecule has 7 nitrogen and oxygen atoms in total. The summed E-state index contributed by atoms with van der Waals surface area (Å²) in [5.74, 6) is 1.13. The number of nitrogens with one attached hydrogen (secondary N) is 1. The second kappa shape index (κ2) is 4.54. The second-order valence-corrected chi connectivity index (χ2v) is 5.60. The molecule has 0 aromatic carbocycles. The molecule has 0 aliphatic carbocycles. The van der Waals surface area contributed by atoms with Crippen LogP contribution in [0.3, 0.4) is 0 Å². The van der Waals surface area contributed by atoms with Gasteiger partial charge in [-0.2, -0.15) is 0 Å². The summed E-state index contributed by atoms with van der Waals surface area (Å²) < 4.78 is 33.1. The molecule has 0 fully saturated rings. The summed E-state index contributed by atoms with van der Waals surface area (Å²) >= 11 is 0. The average Bonchev–Trinajstić information content (AvgIpc) is 2.85. The summed E-state index contributed by atoms with van der Waals surface area (Å²) in [7, 11) is -1.95. The van der Waals surface area contributed by atoms with Gasteiger partial charge in [-0.05, 0) is 13.8 Å². The van der Waals surface area contributed by atoms with Gasteiger partial charge in [0.1, 0.15) is 11.6 Å². The quantitative estimate of drug-likeness (QED) is 0.874. The number of oxazole rings is 1. The minimum Gasteiger partial charge on any atom is -0.447 e. The molecule has 0 unspecified atom stereocenters. The predicted molar refractivity (Wildman–Crippen MR) is 63.2 cm³/mol. The molecule has 0 amide bonds. The van der Waals surface area contributed by atoms with Crippen molar-refractivity contribution < 1.29 is 12.8 Å². The smallest absolute Gasteiger partial charge is 0.258 e. The van der Waals surface area contributed by atoms with E-state index in [4.69, 9.17) is 4.42 Å². The number of aromatic nitrogens is 3. The van der Waals surface area contributed by atoms with Crippen molar-refractivity contribution in [3.05, 3.63) is 29.9 Å². The van der Waals surface area contributed by atoms with Gasteiger partial charge in [-0.25, -0.2) is 23.1 Å². The fourth-order valence-corrected chi connectivity index (χ4v) is 2.61. The van der Waals surface area contributed by atoms with Crippen molar-refractivity contribution in [3.63, 3.8) is 0 Å². The number of hydrogen-bond donors (Lipinski definition) is 1. The van der Waals surface area contributed by atoms with Crippen LogP contribution in [0.4, 0.5) is 0 Å². The van der Waals surface area contributed by atoms with E-state index in [0.29, 0.717) is 17.3 Å². The third kappa shape index (κ3) is 2.29. The van der Waals surface area contributed by atoms with Crippen molar-refractivity contribution in [2.75, 3.05) is 0 Å². The minimum absolute atomic E-state index is 0.0679. The Kier molecular flexibility index (Phi) is 3.22. The van der Waals surface area contributed by atoms with Gasteiger partial charge in [0, 0.05) is 7.05 Å². The Morgan fingerprint density at radius 2 is 2.11 bits per heavy atom. The summed E-state index contributed by atoms with van der Waals surface area (Å²) in [6.07, 6.45) is 2.61. The molecule has 0 spiro atoms. The van der Waals surface area contributed by atoms with E-state index < -0.39 is 10.0 Å². The van der Waals surface area contributed by atoms with E-state index in [1.807, 2.05) is 0 Å². The molecular formula is C10H14N4O3S. The average molecular weight is 270 g/mol. The van der Waals surface area contributed by atoms with Crippen molar-refractivity contribution in [2.24, 2.45) is 7.05 Å². The first-order valence-electron chi connectivity index (χ1n) is 5.29. The summed E-state index contributed by atoms with van der Waals surface area (Å²) in [4.78, 5) is 7.85. The van der Waals surface area contributed by atoms with Crippen LogP contribution < -0.4 is 4.72 Å². The third-order valence-electron chi connectivity index (χ3n) is 2.72. The van der Waals surface area contributed by atoms with E-state index in [-0.39, 0.29) is 11.6 Å². The molecule has 0 saturated carbocycles. The van der Waals surface area contributed by atoms with E-state index in [2.05, 4.69) is 14.7 Å². The standard InChI is InChI=1S/C10H14N4O3S/c1-7-9(17-6-12-7)4-13-18(15,16)10-5-11-8(2)14(10)3/h5-6,13H,4H2,1-3H3. The van der Waals surface area contributed by atoms with Gasteiger partial charge >= 0.3 is 0 Å². The first kappa shape index (κ1) is 12.8. The van der Waals surface area contributed by atoms with Crippen LogP contribution in [0.15, 0.2) is 22.0 Å². The zero-order chi connectivity index (χ0) is 13.3. The highest BCUT2D eigenvalue weighted by molar-refractivity contribution is 7.89. The Bertz CT molecular complexity index is 656. The third-order valence-corrected chi connectivity index (χ3v) is 4.18. The molecular weight excluding hydrogens is 256 g/mol. The van der Waals surface area contributed by atoms with Crippen molar-refractivity contribution in [2.45, 2.75) is 25.4 Å². The van der Waals surface area contributed by atoms with Crippen LogP contribution >= 0.6 is 0 Å². The number of hydrogen-bond acceptors (Lipinski definition) is 5. The zero-order valence-corrected chi connectivity index (χ0v) is 11.2. The molecule has 2 aromatic rings. The molecule has 0 atom stereocenters. The molecule has 0 aliphatic rings. The van der Waals surface area contributed by atoms with Gasteiger partial charge in [-0.3, -0.25) is 0 Å². The summed E-state index contributed by atoms with van der Waals surface area (Å²) in [5, 5.41) is 0.122. The Balaban J connectivity index is 2.18. The molecule has 0 radical (unpaired) electrons. The van der Waals surface area contributed by atoms with Gasteiger partial charge in [0.15, 0.2) is 11.4 Å². The Morgan fingerprint density at radius 1 is 1.39 bits per heavy atom. The lowest BCUT2D eigenvalue weighted by atomic mass is 10.4. The van der Waals surface area contributed by atoms with Gasteiger partial charge in [-0.1, -0.05) is 0 Å². The number of rotatable bonds is 4. The Morgan fingerprint density at radius 3 is 2.61 bits per heavy atom. The molecule has 98 valence electrons. The van der Waals surface area contributed by atoms with Crippen molar-refractivity contribution in [1.82, 2.24) is 19.3 Å². The molecule has 18 heavy (non-hydrogen) atoms. The highest BCUT2D eigenvalue weighted by Gasteiger charge is 2.20. The molecule has 1 N–H and O–H groups in total. The molecule has 0 bridgehead atoms. The van der Waals surface area contributed by atoms with Gasteiger partial charge in [-0.15, -0.1) is 0 Å². The monoisotopic (exact) mass is 270 g/mol. The van der Waals surface area contributed by atoms with Gasteiger partial charge < -0.3 is 8.98 Å². The lowest BCUT2D eigenvalue weighted by Gasteiger charge is -2.06. The summed E-state index contributed by atoms with van der Waals surface area (Å²) in [6.45, 7) is 3.55. The van der Waals surface area contributed by atoms with Crippen molar-refractivity contribution >= 4 is 10.0 Å². The number of sulfonamides is 1. The predicted octanol–water partition coefficient (Wildman–Crippen LogP) is 0.503. The van der Waals surface area contributed by atoms with E-state index in [1.165, 1.54) is 17.2 Å². The largest absolute Gasteiger partial charge is 0.447 e. The van der Waals surface area contributed by atoms with Crippen LogP contribution in [0.1, 0.15) is 17.3 Å². The van der Waals surface area contributed by atoms with Crippen LogP contribution in [-0.4, -0.2) is 23.0 Å². The number of aryl methyl sites for hydroxylation is 2. The highest BCUT2D eigenvalue weighted by atomic mass is 32.2. The van der Waals surface area contributed by atoms with Gasteiger partial charge in [0.05, 0.1) is 18.4 Å². The van der Waals surface area contributed by atoms with Crippen LogP contribution in [-0.2, 0) is 23.6 Å². The summed E-state index contributed by atoms with van der Waals surface area (Å²) in [6, 6.07) is 0. The normalized spacial score (nSPS) is 11.9. The van der Waals surface area contributed by atoms with Crippen LogP contribution in [0.2, 0.25) is 0 Å². The fourth-order valence-electron chi connectivity index (χ4n) is 1.46. The highest BCUT2D eigenvalue weighted by Crippen LogP contribution is 2.11. The Hall–Kier alpha value is -1.67. The van der Waals surface area contributed by atoms with E-state index >= 15 is 0 Å². The molecule has 0 saturated heterocycles. The molecule has 2 rings (SSSR count). The lowest BCUT2D eigenvalue weighted by molar-refractivity contribution is 0.491. The maximum Gasteiger partial charge on any atom is 0.258 e. The molecule has 2 heterocycles. The van der Waals surface area contributed by atoms with Crippen LogP contribution in [0.5, 0.6) is 0 Å². The number of imidazole rings is 1. The SMILES string of the molecule is Cc1ncoc1CNS(=O)(=O)c1cnc(C)n1C. The first-order valence-corrected chi connectivity index (χ1v) is 6.77. The van der Waals surface area contributed by atoms with Crippen LogP contribution in [0.25, 0.3) is 0 Å². The van der Waals surface area contributed by atoms with Gasteiger partial charge in [0.25, 0.3) is 10.0 Å². The molecule has 2 aromatic heterocycles. The van der Waals surface area contributed by atoms with Gasteiger partial charge in [0.2, 0.25) is 0 Å². The van der Waals surface area contributed by atoms with Crippen LogP contribution in [0, 0.1) is 13.8 Å². The molecule has 0 aliphatic heterocycles. The maximum absolute atomic E-state index is 12.0. The maximum atomic E-state index is 12.0. The van der Waals surface area contributed by atoms with E-state index in [9.17, 15) is 8.42 Å².